The molecule has 0 aromatic rings. The molecule has 1 aliphatic carbocycles. The van der Waals surface area contributed by atoms with Gasteiger partial charge in [-0.05, 0) is 24.1 Å². The standard InChI is InChI=1S/C10H8O2/c1-2-4-8-7(3-1)5-6-9-10(11-8)12-9/h1-2,4-6,10H,3H2. The van der Waals surface area contributed by atoms with Gasteiger partial charge >= 0.3 is 0 Å². The van der Waals surface area contributed by atoms with Gasteiger partial charge in [0.15, 0.2) is 5.76 Å². The molecule has 2 heteroatoms. The molecular formula is C10H8O2. The summed E-state index contributed by atoms with van der Waals surface area (Å²) in [7, 11) is 0. The van der Waals surface area contributed by atoms with Gasteiger partial charge in [-0.2, -0.15) is 0 Å². The second-order valence-electron chi connectivity index (χ2n) is 2.99. The number of epoxide rings is 1. The molecule has 0 N–H and O–H groups in total. The fourth-order valence-electron chi connectivity index (χ4n) is 1.41. The SMILES string of the molecule is C1=CCC2=CC=C3OC3OC2=C1. The summed E-state index contributed by atoms with van der Waals surface area (Å²) in [6.45, 7) is 0. The summed E-state index contributed by atoms with van der Waals surface area (Å²) in [6.07, 6.45) is 11.0. The Labute approximate surface area is 70.5 Å². The van der Waals surface area contributed by atoms with Gasteiger partial charge < -0.3 is 9.47 Å². The lowest BCUT2D eigenvalue weighted by molar-refractivity contribution is 0.111. The molecule has 0 aromatic carbocycles. The zero-order valence-electron chi connectivity index (χ0n) is 6.49. The van der Waals surface area contributed by atoms with Crippen LogP contribution < -0.4 is 0 Å². The van der Waals surface area contributed by atoms with Crippen LogP contribution in [0.4, 0.5) is 0 Å². The minimum atomic E-state index is -0.100. The lowest BCUT2D eigenvalue weighted by Gasteiger charge is -2.11. The van der Waals surface area contributed by atoms with Crippen LogP contribution in [-0.2, 0) is 9.47 Å². The average Bonchev–Trinajstić information content (AvgIpc) is 2.80. The number of ether oxygens (including phenoxy) is 2. The van der Waals surface area contributed by atoms with Gasteiger partial charge in [-0.25, -0.2) is 0 Å². The largest absolute Gasteiger partial charge is 0.447 e. The lowest BCUT2D eigenvalue weighted by atomic mass is 10.1. The van der Waals surface area contributed by atoms with Crippen molar-refractivity contribution >= 4 is 0 Å². The molecule has 3 aliphatic rings. The van der Waals surface area contributed by atoms with E-state index in [1.807, 2.05) is 18.2 Å². The normalized spacial score (nSPS) is 29.3. The minimum Gasteiger partial charge on any atom is -0.447 e. The van der Waals surface area contributed by atoms with Gasteiger partial charge in [-0.1, -0.05) is 18.2 Å². The summed E-state index contributed by atoms with van der Waals surface area (Å²) in [4.78, 5) is 0. The maximum Gasteiger partial charge on any atom is 0.299 e. The van der Waals surface area contributed by atoms with E-state index in [1.54, 1.807) is 0 Å². The third-order valence-corrected chi connectivity index (χ3v) is 2.14. The van der Waals surface area contributed by atoms with E-state index in [9.17, 15) is 0 Å². The van der Waals surface area contributed by atoms with Crippen molar-refractivity contribution in [3.05, 3.63) is 47.5 Å². The van der Waals surface area contributed by atoms with Crippen LogP contribution in [-0.4, -0.2) is 6.29 Å². The molecule has 0 saturated carbocycles. The molecule has 0 radical (unpaired) electrons. The third kappa shape index (κ3) is 0.811. The summed E-state index contributed by atoms with van der Waals surface area (Å²) in [5.74, 6) is 1.89. The molecule has 1 atom stereocenters. The van der Waals surface area contributed by atoms with Crippen LogP contribution in [0, 0.1) is 0 Å². The zero-order valence-corrected chi connectivity index (χ0v) is 6.49. The molecule has 1 saturated heterocycles. The summed E-state index contributed by atoms with van der Waals surface area (Å²) in [5, 5.41) is 0. The van der Waals surface area contributed by atoms with Crippen molar-refractivity contribution in [2.45, 2.75) is 12.7 Å². The van der Waals surface area contributed by atoms with Gasteiger partial charge in [-0.3, -0.25) is 0 Å². The zero-order chi connectivity index (χ0) is 7.97. The summed E-state index contributed by atoms with van der Waals surface area (Å²) < 4.78 is 10.7. The van der Waals surface area contributed by atoms with Gasteiger partial charge in [0.2, 0.25) is 0 Å². The van der Waals surface area contributed by atoms with Crippen molar-refractivity contribution < 1.29 is 9.47 Å². The third-order valence-electron chi connectivity index (χ3n) is 2.14. The molecule has 0 amide bonds. The van der Waals surface area contributed by atoms with E-state index in [1.165, 1.54) is 5.57 Å². The lowest BCUT2D eigenvalue weighted by Crippen LogP contribution is -1.99. The highest BCUT2D eigenvalue weighted by Gasteiger charge is 2.37. The summed E-state index contributed by atoms with van der Waals surface area (Å²) >= 11 is 0. The van der Waals surface area contributed by atoms with E-state index in [4.69, 9.17) is 9.47 Å². The smallest absolute Gasteiger partial charge is 0.299 e. The molecule has 0 aromatic heterocycles. The van der Waals surface area contributed by atoms with Crippen LogP contribution in [0.25, 0.3) is 0 Å². The molecule has 3 rings (SSSR count). The van der Waals surface area contributed by atoms with Crippen molar-refractivity contribution in [2.24, 2.45) is 0 Å². The highest BCUT2D eigenvalue weighted by atomic mass is 16.8. The Bertz CT molecular complexity index is 345. The van der Waals surface area contributed by atoms with Crippen molar-refractivity contribution in [3.63, 3.8) is 0 Å². The molecule has 2 heterocycles. The van der Waals surface area contributed by atoms with Crippen LogP contribution in [0.1, 0.15) is 6.42 Å². The average molecular weight is 160 g/mol. The Hall–Kier alpha value is -1.44. The van der Waals surface area contributed by atoms with Crippen LogP contribution in [0.5, 0.6) is 0 Å². The quantitative estimate of drug-likeness (QED) is 0.506. The number of rotatable bonds is 0. The maximum atomic E-state index is 5.54. The molecule has 1 fully saturated rings. The van der Waals surface area contributed by atoms with Crippen LogP contribution in [0.2, 0.25) is 0 Å². The first-order chi connectivity index (χ1) is 5.93. The van der Waals surface area contributed by atoms with Crippen LogP contribution in [0.15, 0.2) is 47.5 Å². The first-order valence-corrected chi connectivity index (χ1v) is 4.05. The van der Waals surface area contributed by atoms with E-state index >= 15 is 0 Å². The van der Waals surface area contributed by atoms with Crippen molar-refractivity contribution in [2.75, 3.05) is 0 Å². The van der Waals surface area contributed by atoms with Gasteiger partial charge in [0.05, 0.1) is 0 Å². The van der Waals surface area contributed by atoms with E-state index < -0.39 is 0 Å². The van der Waals surface area contributed by atoms with E-state index in [0.717, 1.165) is 17.9 Å². The Kier molecular flexibility index (Phi) is 1.04. The van der Waals surface area contributed by atoms with Crippen LogP contribution in [0.3, 0.4) is 0 Å². The highest BCUT2D eigenvalue weighted by molar-refractivity contribution is 5.41. The van der Waals surface area contributed by atoms with Crippen molar-refractivity contribution in [1.29, 1.82) is 0 Å². The Morgan fingerprint density at radius 1 is 1.17 bits per heavy atom. The number of hydrogen-bond donors (Lipinski definition) is 0. The maximum absolute atomic E-state index is 5.54. The van der Waals surface area contributed by atoms with Gasteiger partial charge in [0.25, 0.3) is 6.29 Å². The molecule has 2 aliphatic heterocycles. The Morgan fingerprint density at radius 3 is 3.17 bits per heavy atom. The minimum absolute atomic E-state index is 0.100. The highest BCUT2D eigenvalue weighted by Crippen LogP contribution is 2.36. The van der Waals surface area contributed by atoms with Gasteiger partial charge in [0, 0.05) is 0 Å². The van der Waals surface area contributed by atoms with E-state index in [-0.39, 0.29) is 6.29 Å². The topological polar surface area (TPSA) is 21.8 Å². The summed E-state index contributed by atoms with van der Waals surface area (Å²) in [6, 6.07) is 0. The molecule has 2 nitrogen and oxygen atoms in total. The molecule has 60 valence electrons. The fraction of sp³-hybridized carbons (Fsp3) is 0.200. The number of allylic oxidation sites excluding steroid dienone is 6. The van der Waals surface area contributed by atoms with Gasteiger partial charge in [-0.15, -0.1) is 0 Å². The predicted molar refractivity (Wildman–Crippen MR) is 44.0 cm³/mol. The van der Waals surface area contributed by atoms with Crippen LogP contribution >= 0.6 is 0 Å². The molecule has 12 heavy (non-hydrogen) atoms. The molecule has 1 unspecified atom stereocenters. The van der Waals surface area contributed by atoms with E-state index in [0.29, 0.717) is 0 Å². The fourth-order valence-corrected chi connectivity index (χ4v) is 1.41. The van der Waals surface area contributed by atoms with E-state index in [2.05, 4.69) is 12.2 Å². The second kappa shape index (κ2) is 2.03. The number of fused-ring (bicyclic) bond motifs is 2. The first kappa shape index (κ1) is 6.12. The molecule has 0 bridgehead atoms. The Morgan fingerprint density at radius 2 is 2.17 bits per heavy atom. The predicted octanol–water partition coefficient (Wildman–Crippen LogP) is 2.03. The summed E-state index contributed by atoms with van der Waals surface area (Å²) in [5.41, 5.74) is 1.24. The van der Waals surface area contributed by atoms with Gasteiger partial charge in [0.1, 0.15) is 5.76 Å². The first-order valence-electron chi connectivity index (χ1n) is 4.05. The number of hydrogen-bond acceptors (Lipinski definition) is 2. The van der Waals surface area contributed by atoms with Crippen molar-refractivity contribution in [1.82, 2.24) is 0 Å². The second-order valence-corrected chi connectivity index (χ2v) is 2.99. The molecular weight excluding hydrogens is 152 g/mol. The van der Waals surface area contributed by atoms with Crippen molar-refractivity contribution in [3.8, 4) is 0 Å². The molecule has 0 spiro atoms. The Balaban J connectivity index is 2.03. The monoisotopic (exact) mass is 160 g/mol.